The van der Waals surface area contributed by atoms with Crippen LogP contribution in [0.1, 0.15) is 13.3 Å². The van der Waals surface area contributed by atoms with Crippen LogP contribution in [0.3, 0.4) is 0 Å². The Morgan fingerprint density at radius 2 is 1.00 bits per heavy atom. The van der Waals surface area contributed by atoms with Crippen LogP contribution in [-0.4, -0.2) is 90.9 Å². The van der Waals surface area contributed by atoms with E-state index in [1.807, 2.05) is 0 Å². The Balaban J connectivity index is 2.91. The first-order chi connectivity index (χ1) is 10.9. The average molecular weight is 323 g/mol. The highest BCUT2D eigenvalue weighted by Crippen LogP contribution is 1.83. The summed E-state index contributed by atoms with van der Waals surface area (Å²) in [4.78, 5) is 0. The maximum atomic E-state index is 8.49. The molecule has 22 heavy (non-hydrogen) atoms. The Labute approximate surface area is 134 Å². The van der Waals surface area contributed by atoms with Gasteiger partial charge in [0.2, 0.25) is 0 Å². The summed E-state index contributed by atoms with van der Waals surface area (Å²) in [6.07, 6.45) is 1.14. The summed E-state index contributed by atoms with van der Waals surface area (Å²) in [6, 6.07) is 0. The highest BCUT2D eigenvalue weighted by molar-refractivity contribution is 4.43. The number of hydrogen-bond acceptors (Lipinski definition) is 7. The fraction of sp³-hybridized carbons (Fsp3) is 1.00. The molecule has 2 N–H and O–H groups in total. The first-order valence-corrected chi connectivity index (χ1v) is 8.12. The number of nitrogens with one attached hydrogen (secondary N) is 1. The van der Waals surface area contributed by atoms with Gasteiger partial charge in [-0.25, -0.2) is 0 Å². The Kier molecular flexibility index (Phi) is 20.5. The summed E-state index contributed by atoms with van der Waals surface area (Å²) in [5, 5.41) is 11.8. The van der Waals surface area contributed by atoms with Crippen molar-refractivity contribution in [3.63, 3.8) is 0 Å². The summed E-state index contributed by atoms with van der Waals surface area (Å²) in [6.45, 7) is 9.63. The van der Waals surface area contributed by atoms with Crippen molar-refractivity contribution < 1.29 is 28.8 Å². The fourth-order valence-electron chi connectivity index (χ4n) is 1.49. The molecule has 0 aliphatic heterocycles. The van der Waals surface area contributed by atoms with E-state index in [1.54, 1.807) is 0 Å². The zero-order valence-corrected chi connectivity index (χ0v) is 13.9. The molecule has 0 radical (unpaired) electrons. The zero-order chi connectivity index (χ0) is 16.1. The van der Waals surface area contributed by atoms with Crippen molar-refractivity contribution in [2.24, 2.45) is 0 Å². The van der Waals surface area contributed by atoms with E-state index in [4.69, 9.17) is 28.8 Å². The molecular formula is C15H33NO6. The molecule has 0 fully saturated rings. The van der Waals surface area contributed by atoms with Crippen LogP contribution in [0.2, 0.25) is 0 Å². The number of ether oxygens (including phenoxy) is 5. The summed E-state index contributed by atoms with van der Waals surface area (Å²) < 4.78 is 26.5. The maximum absolute atomic E-state index is 8.49. The first-order valence-electron chi connectivity index (χ1n) is 8.12. The molecule has 0 aliphatic carbocycles. The molecule has 0 spiro atoms. The van der Waals surface area contributed by atoms with Gasteiger partial charge in [0, 0.05) is 6.54 Å². The second-order valence-corrected chi connectivity index (χ2v) is 4.54. The first kappa shape index (κ1) is 21.7. The molecule has 7 nitrogen and oxygen atoms in total. The Morgan fingerprint density at radius 3 is 1.41 bits per heavy atom. The molecule has 0 unspecified atom stereocenters. The van der Waals surface area contributed by atoms with Gasteiger partial charge in [-0.15, -0.1) is 0 Å². The molecule has 0 saturated carbocycles. The molecule has 0 aromatic heterocycles. The van der Waals surface area contributed by atoms with E-state index in [0.29, 0.717) is 59.5 Å². The summed E-state index contributed by atoms with van der Waals surface area (Å²) in [5.41, 5.74) is 0. The average Bonchev–Trinajstić information content (AvgIpc) is 2.54. The lowest BCUT2D eigenvalue weighted by Gasteiger charge is -2.08. The van der Waals surface area contributed by atoms with E-state index in [9.17, 15) is 0 Å². The molecule has 0 rings (SSSR count). The van der Waals surface area contributed by atoms with Crippen molar-refractivity contribution in [2.45, 2.75) is 13.3 Å². The molecule has 0 bridgehead atoms. The minimum Gasteiger partial charge on any atom is -0.394 e. The normalized spacial score (nSPS) is 11.2. The molecule has 0 aliphatic rings. The van der Waals surface area contributed by atoms with E-state index in [-0.39, 0.29) is 6.61 Å². The molecule has 7 heteroatoms. The second kappa shape index (κ2) is 20.7. The Hall–Kier alpha value is -0.280. The van der Waals surface area contributed by atoms with Gasteiger partial charge in [0.15, 0.2) is 0 Å². The standard InChI is InChI=1S/C15H33NO6/c1-2-3-16-4-6-18-8-10-20-12-14-22-15-13-21-11-9-19-7-5-17/h16-17H,2-15H2,1H3. The van der Waals surface area contributed by atoms with Crippen LogP contribution >= 0.6 is 0 Å². The van der Waals surface area contributed by atoms with Crippen molar-refractivity contribution in [1.29, 1.82) is 0 Å². The number of aliphatic hydroxyl groups is 1. The predicted octanol–water partition coefficient (Wildman–Crippen LogP) is 0.0613. The van der Waals surface area contributed by atoms with Crippen LogP contribution in [0.5, 0.6) is 0 Å². The smallest absolute Gasteiger partial charge is 0.0701 e. The quantitative estimate of drug-likeness (QED) is 0.326. The van der Waals surface area contributed by atoms with Crippen molar-refractivity contribution in [2.75, 3.05) is 85.8 Å². The van der Waals surface area contributed by atoms with Crippen LogP contribution < -0.4 is 5.32 Å². The third-order valence-corrected chi connectivity index (χ3v) is 2.57. The number of hydrogen-bond donors (Lipinski definition) is 2. The molecule has 0 saturated heterocycles. The molecule has 0 atom stereocenters. The SMILES string of the molecule is CCCNCCOCCOCCOCCOCCOCCO. The lowest BCUT2D eigenvalue weighted by molar-refractivity contribution is -0.0130. The van der Waals surface area contributed by atoms with Gasteiger partial charge in [0.25, 0.3) is 0 Å². The van der Waals surface area contributed by atoms with Crippen molar-refractivity contribution in [3.05, 3.63) is 0 Å². The van der Waals surface area contributed by atoms with Crippen LogP contribution in [0.25, 0.3) is 0 Å². The van der Waals surface area contributed by atoms with Gasteiger partial charge in [-0.2, -0.15) is 0 Å². The highest BCUT2D eigenvalue weighted by Gasteiger charge is 1.93. The molecule has 0 heterocycles. The third-order valence-electron chi connectivity index (χ3n) is 2.57. The van der Waals surface area contributed by atoms with Gasteiger partial charge < -0.3 is 34.1 Å². The lowest BCUT2D eigenvalue weighted by atomic mass is 10.5. The largest absolute Gasteiger partial charge is 0.394 e. The van der Waals surface area contributed by atoms with Gasteiger partial charge in [0.1, 0.15) is 0 Å². The lowest BCUT2D eigenvalue weighted by Crippen LogP contribution is -2.21. The topological polar surface area (TPSA) is 78.4 Å². The van der Waals surface area contributed by atoms with E-state index >= 15 is 0 Å². The molecule has 0 aromatic rings. The Bertz CT molecular complexity index is 177. The highest BCUT2D eigenvalue weighted by atomic mass is 16.6. The predicted molar refractivity (Wildman–Crippen MR) is 84.3 cm³/mol. The van der Waals surface area contributed by atoms with Gasteiger partial charge in [0.05, 0.1) is 72.7 Å². The van der Waals surface area contributed by atoms with E-state index in [1.165, 1.54) is 0 Å². The van der Waals surface area contributed by atoms with E-state index in [0.717, 1.165) is 26.1 Å². The van der Waals surface area contributed by atoms with Crippen molar-refractivity contribution in [3.8, 4) is 0 Å². The van der Waals surface area contributed by atoms with Gasteiger partial charge >= 0.3 is 0 Å². The fourth-order valence-corrected chi connectivity index (χ4v) is 1.49. The van der Waals surface area contributed by atoms with Gasteiger partial charge in [-0.1, -0.05) is 6.92 Å². The van der Waals surface area contributed by atoms with Crippen LogP contribution in [0.15, 0.2) is 0 Å². The summed E-state index contributed by atoms with van der Waals surface area (Å²) in [5.74, 6) is 0. The molecule has 0 amide bonds. The minimum atomic E-state index is 0.0455. The molecular weight excluding hydrogens is 290 g/mol. The number of rotatable bonds is 19. The summed E-state index contributed by atoms with van der Waals surface area (Å²) in [7, 11) is 0. The van der Waals surface area contributed by atoms with Gasteiger partial charge in [-0.3, -0.25) is 0 Å². The third kappa shape index (κ3) is 19.7. The Morgan fingerprint density at radius 1 is 0.591 bits per heavy atom. The van der Waals surface area contributed by atoms with Crippen LogP contribution in [0.4, 0.5) is 0 Å². The maximum Gasteiger partial charge on any atom is 0.0701 e. The number of aliphatic hydroxyl groups excluding tert-OH is 1. The van der Waals surface area contributed by atoms with Crippen LogP contribution in [0, 0.1) is 0 Å². The van der Waals surface area contributed by atoms with Crippen LogP contribution in [-0.2, 0) is 23.7 Å². The van der Waals surface area contributed by atoms with Crippen molar-refractivity contribution >= 4 is 0 Å². The molecule has 134 valence electrons. The van der Waals surface area contributed by atoms with Crippen molar-refractivity contribution in [1.82, 2.24) is 5.32 Å². The second-order valence-electron chi connectivity index (χ2n) is 4.54. The van der Waals surface area contributed by atoms with E-state index < -0.39 is 0 Å². The monoisotopic (exact) mass is 323 g/mol. The van der Waals surface area contributed by atoms with E-state index in [2.05, 4.69) is 12.2 Å². The zero-order valence-electron chi connectivity index (χ0n) is 13.9. The summed E-state index contributed by atoms with van der Waals surface area (Å²) >= 11 is 0. The van der Waals surface area contributed by atoms with Gasteiger partial charge in [-0.05, 0) is 13.0 Å². The minimum absolute atomic E-state index is 0.0455. The molecule has 0 aromatic carbocycles.